The summed E-state index contributed by atoms with van der Waals surface area (Å²) < 4.78 is 20.6. The van der Waals surface area contributed by atoms with Gasteiger partial charge in [0.25, 0.3) is 0 Å². The maximum absolute atomic E-state index is 13.9. The highest BCUT2D eigenvalue weighted by Gasteiger charge is 2.45. The van der Waals surface area contributed by atoms with E-state index in [1.54, 1.807) is 0 Å². The molecule has 2 aromatic heterocycles. The van der Waals surface area contributed by atoms with Crippen molar-refractivity contribution in [2.24, 2.45) is 5.41 Å². The molecule has 5 aromatic carbocycles. The standard InChI is InChI=1S/C50H50N6O5/c1-6-19-43-51-41(7-2)44(47(57)59-33-42-45(49(3,4)5)61-48(58)60-42)55(43)32-34-28-30-35(31-29-34)39-26-17-18-27-40(39)46-52-53-54-56(46)50(36-20-11-8-12-21-36,37-22-13-9-14-23-37)38-24-15-10-16-25-38/h8-18,20-31,42,45H,6-7,19,32-33H2,1-5H3. The maximum atomic E-state index is 13.9. The zero-order valence-corrected chi connectivity index (χ0v) is 35.2. The first-order chi connectivity index (χ1) is 29.6. The fraction of sp³-hybridized carbons (Fsp3) is 0.280. The number of carbonyl (C=O) groups is 2. The third-order valence-electron chi connectivity index (χ3n) is 11.3. The van der Waals surface area contributed by atoms with Gasteiger partial charge in [0.15, 0.2) is 23.7 Å². The molecule has 0 bridgehead atoms. The summed E-state index contributed by atoms with van der Waals surface area (Å²) in [5, 5.41) is 13.8. The zero-order valence-electron chi connectivity index (χ0n) is 35.2. The van der Waals surface area contributed by atoms with Crippen molar-refractivity contribution in [1.82, 2.24) is 29.8 Å². The average Bonchev–Trinajstić information content (AvgIpc) is 4.02. The molecule has 11 heteroatoms. The molecule has 0 saturated carbocycles. The van der Waals surface area contributed by atoms with E-state index in [-0.39, 0.29) is 6.61 Å². The van der Waals surface area contributed by atoms with Crippen LogP contribution < -0.4 is 0 Å². The van der Waals surface area contributed by atoms with E-state index < -0.39 is 35.3 Å². The van der Waals surface area contributed by atoms with Gasteiger partial charge in [0.05, 0.1) is 5.69 Å². The summed E-state index contributed by atoms with van der Waals surface area (Å²) >= 11 is 0. The van der Waals surface area contributed by atoms with Crippen molar-refractivity contribution in [3.63, 3.8) is 0 Å². The van der Waals surface area contributed by atoms with Crippen LogP contribution in [0, 0.1) is 5.41 Å². The molecule has 0 N–H and O–H groups in total. The Kier molecular flexibility index (Phi) is 11.6. The van der Waals surface area contributed by atoms with Gasteiger partial charge in [-0.05, 0) is 56.6 Å². The lowest BCUT2D eigenvalue weighted by Crippen LogP contribution is -2.39. The third kappa shape index (κ3) is 7.95. The predicted octanol–water partition coefficient (Wildman–Crippen LogP) is 9.71. The summed E-state index contributed by atoms with van der Waals surface area (Å²) in [6.45, 7) is 10.2. The molecule has 8 rings (SSSR count). The van der Waals surface area contributed by atoms with E-state index in [0.29, 0.717) is 36.6 Å². The monoisotopic (exact) mass is 814 g/mol. The Morgan fingerprint density at radius 2 is 1.31 bits per heavy atom. The minimum Gasteiger partial charge on any atom is -0.457 e. The summed E-state index contributed by atoms with van der Waals surface area (Å²) in [4.78, 5) is 30.9. The lowest BCUT2D eigenvalue weighted by Gasteiger charge is -2.36. The van der Waals surface area contributed by atoms with Gasteiger partial charge in [-0.15, -0.1) is 5.10 Å². The molecule has 1 fully saturated rings. The summed E-state index contributed by atoms with van der Waals surface area (Å²) in [6, 6.07) is 47.6. The number of benzene rings is 5. The molecule has 2 unspecified atom stereocenters. The molecular weight excluding hydrogens is 765 g/mol. The second-order valence-electron chi connectivity index (χ2n) is 16.4. The molecular formula is C50H50N6O5. The molecule has 1 aliphatic rings. The van der Waals surface area contributed by atoms with Gasteiger partial charge in [-0.2, -0.15) is 0 Å². The first kappa shape index (κ1) is 40.9. The third-order valence-corrected chi connectivity index (χ3v) is 11.3. The number of nitrogens with zero attached hydrogens (tertiary/aromatic N) is 6. The summed E-state index contributed by atoms with van der Waals surface area (Å²) in [7, 11) is 0. The normalized spacial score (nSPS) is 15.3. The van der Waals surface area contributed by atoms with Gasteiger partial charge < -0.3 is 18.8 Å². The molecule has 1 aliphatic heterocycles. The van der Waals surface area contributed by atoms with Crippen LogP contribution in [0.1, 0.15) is 85.3 Å². The second-order valence-corrected chi connectivity index (χ2v) is 16.4. The van der Waals surface area contributed by atoms with Gasteiger partial charge in [-0.25, -0.2) is 19.3 Å². The quantitative estimate of drug-likeness (QED) is 0.0780. The van der Waals surface area contributed by atoms with Gasteiger partial charge in [-0.3, -0.25) is 0 Å². The average molecular weight is 815 g/mol. The van der Waals surface area contributed by atoms with Crippen LogP contribution in [0.2, 0.25) is 0 Å². The number of hydrogen-bond donors (Lipinski definition) is 0. The van der Waals surface area contributed by atoms with E-state index in [4.69, 9.17) is 29.5 Å². The molecule has 0 spiro atoms. The first-order valence-electron chi connectivity index (χ1n) is 20.9. The number of aromatic nitrogens is 6. The number of hydrogen-bond acceptors (Lipinski definition) is 9. The molecule has 11 nitrogen and oxygen atoms in total. The number of rotatable bonds is 14. The highest BCUT2D eigenvalue weighted by atomic mass is 16.8. The van der Waals surface area contributed by atoms with E-state index >= 15 is 0 Å². The largest absolute Gasteiger partial charge is 0.509 e. The molecule has 3 heterocycles. The van der Waals surface area contributed by atoms with Gasteiger partial charge in [-0.1, -0.05) is 174 Å². The number of imidazole rings is 1. The topological polar surface area (TPSA) is 123 Å². The number of esters is 1. The molecule has 1 saturated heterocycles. The number of cyclic esters (lactones) is 2. The molecule has 61 heavy (non-hydrogen) atoms. The fourth-order valence-electron chi connectivity index (χ4n) is 8.48. The number of tetrazole rings is 1. The number of carbonyl (C=O) groups excluding carboxylic acids is 2. The molecule has 0 amide bonds. The van der Waals surface area contributed by atoms with Crippen LogP contribution in [0.4, 0.5) is 4.79 Å². The summed E-state index contributed by atoms with van der Waals surface area (Å²) in [6.07, 6.45) is 0.0860. The van der Waals surface area contributed by atoms with Crippen LogP contribution in [0.5, 0.6) is 0 Å². The number of aryl methyl sites for hydroxylation is 2. The highest BCUT2D eigenvalue weighted by Crippen LogP contribution is 2.43. The van der Waals surface area contributed by atoms with Crippen molar-refractivity contribution in [2.45, 2.75) is 78.2 Å². The van der Waals surface area contributed by atoms with E-state index in [9.17, 15) is 9.59 Å². The zero-order chi connectivity index (χ0) is 42.6. The Balaban J connectivity index is 1.14. The molecule has 7 aromatic rings. The SMILES string of the molecule is CCCc1nc(CC)c(C(=O)OCC2OC(=O)OC2C(C)(C)C)n1Cc1ccc(-c2ccccc2-c2nnnn2C(c2ccccc2)(c2ccccc2)c2ccccc2)cc1. The van der Waals surface area contributed by atoms with Crippen LogP contribution in [-0.2, 0) is 39.1 Å². The highest BCUT2D eigenvalue weighted by molar-refractivity contribution is 5.89. The van der Waals surface area contributed by atoms with Gasteiger partial charge in [0.1, 0.15) is 18.0 Å². The maximum Gasteiger partial charge on any atom is 0.509 e. The lowest BCUT2D eigenvalue weighted by molar-refractivity contribution is 0.00210. The van der Waals surface area contributed by atoms with Gasteiger partial charge in [0, 0.05) is 23.9 Å². The number of ether oxygens (including phenoxy) is 3. The van der Waals surface area contributed by atoms with E-state index in [1.165, 1.54) is 0 Å². The minimum absolute atomic E-state index is 0.121. The van der Waals surface area contributed by atoms with Crippen molar-refractivity contribution >= 4 is 12.1 Å². The van der Waals surface area contributed by atoms with Crippen LogP contribution in [0.15, 0.2) is 140 Å². The Morgan fingerprint density at radius 1 is 0.738 bits per heavy atom. The molecule has 310 valence electrons. The van der Waals surface area contributed by atoms with Crippen LogP contribution >= 0.6 is 0 Å². The van der Waals surface area contributed by atoms with E-state index in [1.807, 2.05) is 104 Å². The van der Waals surface area contributed by atoms with Crippen LogP contribution in [0.25, 0.3) is 22.5 Å². The van der Waals surface area contributed by atoms with Gasteiger partial charge in [0.2, 0.25) is 0 Å². The van der Waals surface area contributed by atoms with Crippen molar-refractivity contribution in [3.05, 3.63) is 179 Å². The van der Waals surface area contributed by atoms with Crippen LogP contribution in [0.3, 0.4) is 0 Å². The summed E-state index contributed by atoms with van der Waals surface area (Å²) in [5.74, 6) is 0.916. The molecule has 0 radical (unpaired) electrons. The Labute approximate surface area is 356 Å². The van der Waals surface area contributed by atoms with Crippen molar-refractivity contribution in [2.75, 3.05) is 6.61 Å². The molecule has 2 atom stereocenters. The Hall–Kier alpha value is -6.88. The first-order valence-corrected chi connectivity index (χ1v) is 20.9. The smallest absolute Gasteiger partial charge is 0.457 e. The fourth-order valence-corrected chi connectivity index (χ4v) is 8.48. The predicted molar refractivity (Wildman–Crippen MR) is 233 cm³/mol. The molecule has 0 aliphatic carbocycles. The Morgan fingerprint density at radius 3 is 1.87 bits per heavy atom. The van der Waals surface area contributed by atoms with Crippen molar-refractivity contribution < 1.29 is 23.8 Å². The van der Waals surface area contributed by atoms with Crippen molar-refractivity contribution in [3.8, 4) is 22.5 Å². The second kappa shape index (κ2) is 17.4. The summed E-state index contributed by atoms with van der Waals surface area (Å²) in [5.41, 5.74) is 6.63. The van der Waals surface area contributed by atoms with Crippen LogP contribution in [-0.4, -0.2) is 60.7 Å². The van der Waals surface area contributed by atoms with E-state index in [0.717, 1.165) is 51.2 Å². The minimum atomic E-state index is -0.902. The Bertz CT molecular complexity index is 2500. The van der Waals surface area contributed by atoms with E-state index in [2.05, 4.69) is 84.9 Å². The van der Waals surface area contributed by atoms with Gasteiger partial charge >= 0.3 is 12.1 Å². The lowest BCUT2D eigenvalue weighted by atomic mass is 9.77. The van der Waals surface area contributed by atoms with Crippen molar-refractivity contribution in [1.29, 1.82) is 0 Å².